The first kappa shape index (κ1) is 21.6. The third-order valence-corrected chi connectivity index (χ3v) is 6.68. The highest BCUT2D eigenvalue weighted by molar-refractivity contribution is 5.81. The molecular formula is C25H29N5O3. The zero-order valence-corrected chi connectivity index (χ0v) is 19.0. The number of ether oxygens (including phenoxy) is 1. The minimum atomic E-state index is -0.445. The number of nitrogens with one attached hydrogen (secondary N) is 1. The van der Waals surface area contributed by atoms with E-state index in [0.717, 1.165) is 42.6 Å². The lowest BCUT2D eigenvalue weighted by molar-refractivity contribution is -0.135. The maximum atomic E-state index is 12.8. The first-order valence-electron chi connectivity index (χ1n) is 11.6. The summed E-state index contributed by atoms with van der Waals surface area (Å²) in [5.41, 5.74) is 4.11. The van der Waals surface area contributed by atoms with Crippen LogP contribution in [0, 0.1) is 13.8 Å². The van der Waals surface area contributed by atoms with Crippen LogP contribution in [0.5, 0.6) is 0 Å². The monoisotopic (exact) mass is 447 g/mol. The Morgan fingerprint density at radius 3 is 2.52 bits per heavy atom. The van der Waals surface area contributed by atoms with Crippen molar-refractivity contribution in [3.8, 4) is 5.82 Å². The molecule has 1 aliphatic heterocycles. The summed E-state index contributed by atoms with van der Waals surface area (Å²) >= 11 is 0. The molecule has 172 valence electrons. The Bertz CT molecular complexity index is 1220. The van der Waals surface area contributed by atoms with Crippen LogP contribution in [-0.2, 0) is 22.6 Å². The van der Waals surface area contributed by atoms with Crippen molar-refractivity contribution in [3.63, 3.8) is 0 Å². The first-order chi connectivity index (χ1) is 16.0. The molecule has 5 rings (SSSR count). The maximum absolute atomic E-state index is 12.8. The van der Waals surface area contributed by atoms with Gasteiger partial charge in [-0.15, -0.1) is 5.10 Å². The lowest BCUT2D eigenvalue weighted by Gasteiger charge is -2.31. The van der Waals surface area contributed by atoms with Crippen molar-refractivity contribution in [1.29, 1.82) is 0 Å². The number of aryl methyl sites for hydroxylation is 2. The van der Waals surface area contributed by atoms with Crippen molar-refractivity contribution in [2.75, 3.05) is 0 Å². The fourth-order valence-corrected chi connectivity index (χ4v) is 4.92. The second-order valence-electron chi connectivity index (χ2n) is 9.10. The summed E-state index contributed by atoms with van der Waals surface area (Å²) in [7, 11) is 0. The molecule has 0 bridgehead atoms. The molecule has 0 spiro atoms. The molecule has 8 nitrogen and oxygen atoms in total. The maximum Gasteiger partial charge on any atom is 0.267 e. The smallest absolute Gasteiger partial charge is 0.267 e. The Labute approximate surface area is 192 Å². The summed E-state index contributed by atoms with van der Waals surface area (Å²) in [4.78, 5) is 25.3. The van der Waals surface area contributed by atoms with Gasteiger partial charge >= 0.3 is 0 Å². The number of carbonyl (C=O) groups excluding carboxylic acids is 1. The molecule has 0 radical (unpaired) electrons. The van der Waals surface area contributed by atoms with Crippen LogP contribution >= 0.6 is 0 Å². The minimum Gasteiger partial charge on any atom is -0.363 e. The van der Waals surface area contributed by atoms with Gasteiger partial charge in [0.25, 0.3) is 5.56 Å². The summed E-state index contributed by atoms with van der Waals surface area (Å²) in [6.45, 7) is 4.38. The highest BCUT2D eigenvalue weighted by atomic mass is 16.5. The molecule has 1 amide bonds. The van der Waals surface area contributed by atoms with Gasteiger partial charge in [0.2, 0.25) is 5.91 Å². The molecule has 1 fully saturated rings. The molecule has 2 aromatic heterocycles. The minimum absolute atomic E-state index is 0.0142. The zero-order chi connectivity index (χ0) is 22.9. The van der Waals surface area contributed by atoms with E-state index in [1.807, 2.05) is 38.1 Å². The van der Waals surface area contributed by atoms with Crippen LogP contribution in [-0.4, -0.2) is 37.6 Å². The Kier molecular flexibility index (Phi) is 5.85. The molecule has 3 heterocycles. The lowest BCUT2D eigenvalue weighted by Crippen LogP contribution is -2.46. The van der Waals surface area contributed by atoms with Crippen molar-refractivity contribution in [1.82, 2.24) is 24.9 Å². The number of hydrogen-bond acceptors (Lipinski definition) is 5. The second-order valence-corrected chi connectivity index (χ2v) is 9.10. The van der Waals surface area contributed by atoms with E-state index >= 15 is 0 Å². The van der Waals surface area contributed by atoms with Crippen molar-refractivity contribution in [2.45, 2.75) is 70.7 Å². The number of nitrogens with zero attached hydrogens (tertiary/aromatic N) is 4. The topological polar surface area (TPSA) is 91.0 Å². The van der Waals surface area contributed by atoms with Crippen LogP contribution in [0.15, 0.2) is 47.3 Å². The molecule has 2 aliphatic rings. The SMILES string of the molecule is Cc1cc(C)n(-c2ccc(=O)n(C3CCC(NC(=O)C4Cc5ccccc5CO4)CC3)n2)n1. The van der Waals surface area contributed by atoms with Gasteiger partial charge in [0, 0.05) is 24.2 Å². The fourth-order valence-electron chi connectivity index (χ4n) is 4.92. The third-order valence-electron chi connectivity index (χ3n) is 6.68. The Morgan fingerprint density at radius 1 is 1.03 bits per heavy atom. The Hall–Kier alpha value is -3.26. The molecule has 0 saturated heterocycles. The van der Waals surface area contributed by atoms with Gasteiger partial charge in [-0.25, -0.2) is 9.36 Å². The molecule has 33 heavy (non-hydrogen) atoms. The van der Waals surface area contributed by atoms with Gasteiger partial charge in [0.15, 0.2) is 5.82 Å². The normalized spacial score (nSPS) is 22.5. The predicted octanol–water partition coefficient (Wildman–Crippen LogP) is 2.79. The van der Waals surface area contributed by atoms with E-state index < -0.39 is 6.10 Å². The molecule has 3 aromatic rings. The highest BCUT2D eigenvalue weighted by Gasteiger charge is 2.30. The lowest BCUT2D eigenvalue weighted by atomic mass is 9.90. The van der Waals surface area contributed by atoms with Crippen molar-refractivity contribution >= 4 is 5.91 Å². The summed E-state index contributed by atoms with van der Waals surface area (Å²) in [5.74, 6) is 0.597. The first-order valence-corrected chi connectivity index (χ1v) is 11.6. The standard InChI is InChI=1S/C25H29N5O3/c1-16-13-17(2)29(27-16)23-11-12-24(31)30(28-23)21-9-7-20(8-10-21)26-25(32)22-14-18-5-3-4-6-19(18)15-33-22/h3-6,11-13,20-22H,7-10,14-15H2,1-2H3,(H,26,32). The molecule has 1 saturated carbocycles. The van der Waals surface area contributed by atoms with Gasteiger partial charge in [0.05, 0.1) is 18.3 Å². The van der Waals surface area contributed by atoms with Crippen molar-refractivity contribution in [3.05, 3.63) is 75.3 Å². The highest BCUT2D eigenvalue weighted by Crippen LogP contribution is 2.28. The van der Waals surface area contributed by atoms with Crippen LogP contribution in [0.4, 0.5) is 0 Å². The Balaban J connectivity index is 1.21. The predicted molar refractivity (Wildman–Crippen MR) is 123 cm³/mol. The van der Waals surface area contributed by atoms with Gasteiger partial charge in [-0.1, -0.05) is 24.3 Å². The Morgan fingerprint density at radius 2 is 1.79 bits per heavy atom. The largest absolute Gasteiger partial charge is 0.363 e. The number of amides is 1. The van der Waals surface area contributed by atoms with Crippen LogP contribution in [0.2, 0.25) is 0 Å². The number of aromatic nitrogens is 4. The summed E-state index contributed by atoms with van der Waals surface area (Å²) in [6.07, 6.45) is 3.34. The van der Waals surface area contributed by atoms with Gasteiger partial charge < -0.3 is 10.1 Å². The molecule has 1 aromatic carbocycles. The number of fused-ring (bicyclic) bond motifs is 1. The molecular weight excluding hydrogens is 418 g/mol. The quantitative estimate of drug-likeness (QED) is 0.664. The van der Waals surface area contributed by atoms with Crippen molar-refractivity contribution < 1.29 is 9.53 Å². The number of carbonyl (C=O) groups is 1. The molecule has 1 atom stereocenters. The van der Waals surface area contributed by atoms with E-state index in [0.29, 0.717) is 18.8 Å². The van der Waals surface area contributed by atoms with E-state index in [9.17, 15) is 9.59 Å². The number of benzene rings is 1. The van der Waals surface area contributed by atoms with E-state index in [-0.39, 0.29) is 23.6 Å². The average molecular weight is 448 g/mol. The van der Waals surface area contributed by atoms with Crippen LogP contribution < -0.4 is 10.9 Å². The van der Waals surface area contributed by atoms with Crippen LogP contribution in [0.1, 0.15) is 54.2 Å². The van der Waals surface area contributed by atoms with Gasteiger partial charge in [-0.2, -0.15) is 5.10 Å². The number of rotatable bonds is 4. The van der Waals surface area contributed by atoms with Gasteiger partial charge in [-0.05, 0) is 62.8 Å². The van der Waals surface area contributed by atoms with Crippen molar-refractivity contribution in [2.24, 2.45) is 0 Å². The molecule has 8 heteroatoms. The van der Waals surface area contributed by atoms with Crippen LogP contribution in [0.25, 0.3) is 5.82 Å². The second kappa shape index (κ2) is 8.94. The van der Waals surface area contributed by atoms with Gasteiger partial charge in [0.1, 0.15) is 6.10 Å². The number of hydrogen-bond donors (Lipinski definition) is 1. The van der Waals surface area contributed by atoms with E-state index in [1.54, 1.807) is 21.5 Å². The summed E-state index contributed by atoms with van der Waals surface area (Å²) < 4.78 is 9.16. The zero-order valence-electron chi connectivity index (χ0n) is 19.0. The van der Waals surface area contributed by atoms with E-state index in [1.165, 1.54) is 5.56 Å². The van der Waals surface area contributed by atoms with Crippen LogP contribution in [0.3, 0.4) is 0 Å². The average Bonchev–Trinajstić information content (AvgIpc) is 3.17. The van der Waals surface area contributed by atoms with E-state index in [2.05, 4.69) is 21.6 Å². The third kappa shape index (κ3) is 4.48. The van der Waals surface area contributed by atoms with E-state index in [4.69, 9.17) is 4.74 Å². The van der Waals surface area contributed by atoms with Gasteiger partial charge in [-0.3, -0.25) is 9.59 Å². The molecule has 1 N–H and O–H groups in total. The molecule has 1 aliphatic carbocycles. The molecule has 1 unspecified atom stereocenters. The fraction of sp³-hybridized carbons (Fsp3) is 0.440. The summed E-state index contributed by atoms with van der Waals surface area (Å²) in [5, 5.41) is 12.3. The summed E-state index contributed by atoms with van der Waals surface area (Å²) in [6, 6.07) is 13.5.